The molecule has 1 aromatic heterocycles. The van der Waals surface area contributed by atoms with Crippen molar-refractivity contribution >= 4 is 35.8 Å². The fourth-order valence-corrected chi connectivity index (χ4v) is 3.37. The van der Waals surface area contributed by atoms with Crippen LogP contribution in [-0.4, -0.2) is 50.5 Å². The van der Waals surface area contributed by atoms with E-state index in [1.807, 2.05) is 26.2 Å². The SMILES string of the molecule is CCCNC(=NCC1(C(=O)N(C)C)CCCC1)NCCc1ccco1.I. The summed E-state index contributed by atoms with van der Waals surface area (Å²) in [7, 11) is 3.67. The summed E-state index contributed by atoms with van der Waals surface area (Å²) in [6, 6.07) is 3.87. The second-order valence-corrected chi connectivity index (χ2v) is 7.03. The Labute approximate surface area is 174 Å². The number of rotatable bonds is 8. The third kappa shape index (κ3) is 6.48. The van der Waals surface area contributed by atoms with Crippen LogP contribution < -0.4 is 10.6 Å². The Hall–Kier alpha value is -1.25. The van der Waals surface area contributed by atoms with Crippen LogP contribution in [0.1, 0.15) is 44.8 Å². The lowest BCUT2D eigenvalue weighted by Gasteiger charge is -2.29. The molecule has 1 heterocycles. The lowest BCUT2D eigenvalue weighted by atomic mass is 9.85. The zero-order valence-electron chi connectivity index (χ0n) is 16.2. The van der Waals surface area contributed by atoms with Crippen molar-refractivity contribution in [1.82, 2.24) is 15.5 Å². The van der Waals surface area contributed by atoms with Crippen molar-refractivity contribution in [3.05, 3.63) is 24.2 Å². The quantitative estimate of drug-likeness (QED) is 0.344. The highest BCUT2D eigenvalue weighted by Gasteiger charge is 2.42. The third-order valence-electron chi connectivity index (χ3n) is 4.75. The Balaban J connectivity index is 0.00000338. The molecule has 0 bridgehead atoms. The predicted octanol–water partition coefficient (Wildman–Crippen LogP) is 3.03. The van der Waals surface area contributed by atoms with E-state index >= 15 is 0 Å². The van der Waals surface area contributed by atoms with Crippen molar-refractivity contribution < 1.29 is 9.21 Å². The van der Waals surface area contributed by atoms with Gasteiger partial charge >= 0.3 is 0 Å². The lowest BCUT2D eigenvalue weighted by Crippen LogP contribution is -2.43. The van der Waals surface area contributed by atoms with Crippen LogP contribution in [0.4, 0.5) is 0 Å². The highest BCUT2D eigenvalue weighted by Crippen LogP contribution is 2.39. The Morgan fingerprint density at radius 2 is 1.96 bits per heavy atom. The summed E-state index contributed by atoms with van der Waals surface area (Å²) in [6.07, 6.45) is 7.61. The molecule has 1 aliphatic rings. The second-order valence-electron chi connectivity index (χ2n) is 7.03. The summed E-state index contributed by atoms with van der Waals surface area (Å²) in [5, 5.41) is 6.70. The number of furan rings is 1. The van der Waals surface area contributed by atoms with Gasteiger partial charge in [0.05, 0.1) is 18.2 Å². The average molecular weight is 476 g/mol. The molecule has 26 heavy (non-hydrogen) atoms. The molecular formula is C19H33IN4O2. The molecule has 2 N–H and O–H groups in total. The van der Waals surface area contributed by atoms with Crippen molar-refractivity contribution in [1.29, 1.82) is 0 Å². The number of nitrogens with one attached hydrogen (secondary N) is 2. The Bertz CT molecular complexity index is 552. The fourth-order valence-electron chi connectivity index (χ4n) is 3.37. The van der Waals surface area contributed by atoms with Gasteiger partial charge in [0.15, 0.2) is 5.96 Å². The highest BCUT2D eigenvalue weighted by molar-refractivity contribution is 14.0. The molecule has 2 rings (SSSR count). The van der Waals surface area contributed by atoms with Gasteiger partial charge in [0, 0.05) is 33.6 Å². The minimum atomic E-state index is -0.328. The summed E-state index contributed by atoms with van der Waals surface area (Å²) in [5.74, 6) is 1.95. The molecule has 0 aromatic carbocycles. The Morgan fingerprint density at radius 1 is 1.27 bits per heavy atom. The largest absolute Gasteiger partial charge is 0.469 e. The van der Waals surface area contributed by atoms with Crippen LogP contribution in [0.5, 0.6) is 0 Å². The zero-order chi connectivity index (χ0) is 18.1. The lowest BCUT2D eigenvalue weighted by molar-refractivity contribution is -0.138. The van der Waals surface area contributed by atoms with Gasteiger partial charge in [-0.3, -0.25) is 9.79 Å². The number of hydrogen-bond donors (Lipinski definition) is 2. The summed E-state index contributed by atoms with van der Waals surface area (Å²) in [4.78, 5) is 19.1. The number of carbonyl (C=O) groups excluding carboxylic acids is 1. The topological polar surface area (TPSA) is 69.9 Å². The number of aliphatic imine (C=N–C) groups is 1. The molecule has 0 radical (unpaired) electrons. The molecular weight excluding hydrogens is 443 g/mol. The molecule has 0 aliphatic heterocycles. The van der Waals surface area contributed by atoms with E-state index in [9.17, 15) is 4.79 Å². The van der Waals surface area contributed by atoms with Crippen LogP contribution in [-0.2, 0) is 11.2 Å². The second kappa shape index (κ2) is 11.5. The number of hydrogen-bond acceptors (Lipinski definition) is 3. The van der Waals surface area contributed by atoms with Gasteiger partial charge < -0.3 is 20.0 Å². The van der Waals surface area contributed by atoms with E-state index in [0.717, 1.165) is 63.3 Å². The van der Waals surface area contributed by atoms with Crippen LogP contribution in [0.15, 0.2) is 27.8 Å². The summed E-state index contributed by atoms with van der Waals surface area (Å²) >= 11 is 0. The number of amides is 1. The van der Waals surface area contributed by atoms with Gasteiger partial charge in [-0.1, -0.05) is 19.8 Å². The monoisotopic (exact) mass is 476 g/mol. The number of nitrogens with zero attached hydrogens (tertiary/aromatic N) is 2. The molecule has 1 aliphatic carbocycles. The number of halogens is 1. The first-order valence-corrected chi connectivity index (χ1v) is 9.34. The first-order chi connectivity index (χ1) is 12.1. The number of guanidine groups is 1. The van der Waals surface area contributed by atoms with Gasteiger partial charge in [-0.2, -0.15) is 0 Å². The standard InChI is InChI=1S/C19H32N4O2.HI/c1-4-12-20-18(21-13-9-16-8-7-14-25-16)22-15-19(10-5-6-11-19)17(24)23(2)3;/h7-8,14H,4-6,9-13,15H2,1-3H3,(H2,20,21,22);1H. The van der Waals surface area contributed by atoms with Gasteiger partial charge in [0.1, 0.15) is 5.76 Å². The Morgan fingerprint density at radius 3 is 2.54 bits per heavy atom. The first-order valence-electron chi connectivity index (χ1n) is 9.34. The fraction of sp³-hybridized carbons (Fsp3) is 0.684. The van der Waals surface area contributed by atoms with Gasteiger partial charge in [0.2, 0.25) is 5.91 Å². The van der Waals surface area contributed by atoms with Crippen molar-refractivity contribution in [2.24, 2.45) is 10.4 Å². The molecule has 7 heteroatoms. The normalized spacial score (nSPS) is 16.0. The van der Waals surface area contributed by atoms with Crippen LogP contribution in [0, 0.1) is 5.41 Å². The zero-order valence-corrected chi connectivity index (χ0v) is 18.5. The van der Waals surface area contributed by atoms with Gasteiger partial charge in [-0.05, 0) is 31.4 Å². The smallest absolute Gasteiger partial charge is 0.230 e. The van der Waals surface area contributed by atoms with Crippen LogP contribution >= 0.6 is 24.0 Å². The summed E-state index contributed by atoms with van der Waals surface area (Å²) in [5.41, 5.74) is -0.328. The molecule has 1 saturated carbocycles. The maximum absolute atomic E-state index is 12.7. The minimum absolute atomic E-state index is 0. The predicted molar refractivity (Wildman–Crippen MR) is 116 cm³/mol. The summed E-state index contributed by atoms with van der Waals surface area (Å²) in [6.45, 7) is 4.28. The van der Waals surface area contributed by atoms with Crippen molar-refractivity contribution in [3.8, 4) is 0 Å². The third-order valence-corrected chi connectivity index (χ3v) is 4.75. The van der Waals surface area contributed by atoms with Gasteiger partial charge in [-0.15, -0.1) is 24.0 Å². The minimum Gasteiger partial charge on any atom is -0.469 e. The van der Waals surface area contributed by atoms with E-state index in [2.05, 4.69) is 17.6 Å². The molecule has 1 aromatic rings. The van der Waals surface area contributed by atoms with E-state index in [-0.39, 0.29) is 35.3 Å². The molecule has 0 saturated heterocycles. The number of carbonyl (C=O) groups is 1. The van der Waals surface area contributed by atoms with Crippen molar-refractivity contribution in [3.63, 3.8) is 0 Å². The van der Waals surface area contributed by atoms with E-state index in [4.69, 9.17) is 9.41 Å². The van der Waals surface area contributed by atoms with Crippen molar-refractivity contribution in [2.45, 2.75) is 45.4 Å². The van der Waals surface area contributed by atoms with Crippen molar-refractivity contribution in [2.75, 3.05) is 33.7 Å². The molecule has 0 spiro atoms. The maximum atomic E-state index is 12.7. The average Bonchev–Trinajstić information content (AvgIpc) is 3.28. The molecule has 148 valence electrons. The first kappa shape index (κ1) is 22.8. The van der Waals surface area contributed by atoms with Gasteiger partial charge in [-0.25, -0.2) is 0 Å². The van der Waals surface area contributed by atoms with Gasteiger partial charge in [0.25, 0.3) is 0 Å². The molecule has 0 unspecified atom stereocenters. The maximum Gasteiger partial charge on any atom is 0.230 e. The molecule has 6 nitrogen and oxygen atoms in total. The van der Waals surface area contributed by atoms with E-state index < -0.39 is 0 Å². The van der Waals surface area contributed by atoms with E-state index in [1.165, 1.54) is 0 Å². The van der Waals surface area contributed by atoms with E-state index in [0.29, 0.717) is 6.54 Å². The Kier molecular flexibility index (Phi) is 10.0. The summed E-state index contributed by atoms with van der Waals surface area (Å²) < 4.78 is 5.36. The molecule has 1 amide bonds. The van der Waals surface area contributed by atoms with Crippen LogP contribution in [0.25, 0.3) is 0 Å². The highest BCUT2D eigenvalue weighted by atomic mass is 127. The van der Waals surface area contributed by atoms with Crippen LogP contribution in [0.2, 0.25) is 0 Å². The van der Waals surface area contributed by atoms with Crippen LogP contribution in [0.3, 0.4) is 0 Å². The molecule has 0 atom stereocenters. The van der Waals surface area contributed by atoms with E-state index in [1.54, 1.807) is 11.2 Å². The molecule has 1 fully saturated rings.